The topological polar surface area (TPSA) is 56.3 Å². The van der Waals surface area contributed by atoms with Crippen LogP contribution >= 0.6 is 0 Å². The van der Waals surface area contributed by atoms with Crippen molar-refractivity contribution in [2.24, 2.45) is 0 Å². The number of carbonyl (C=O) groups excluding carboxylic acids is 1. The number of aromatic amines is 1. The Kier molecular flexibility index (Phi) is 2.82. The molecule has 1 aromatic heterocycles. The highest BCUT2D eigenvalue weighted by molar-refractivity contribution is 6.07. The number of carbonyl (C=O) groups is 1. The molecule has 0 saturated carbocycles. The first-order valence-electron chi connectivity index (χ1n) is 6.71. The van der Waals surface area contributed by atoms with Gasteiger partial charge in [0.05, 0.1) is 24.3 Å². The summed E-state index contributed by atoms with van der Waals surface area (Å²) in [6, 6.07) is 7.76. The van der Waals surface area contributed by atoms with E-state index >= 15 is 0 Å². The Morgan fingerprint density at radius 3 is 2.89 bits per heavy atom. The second kappa shape index (κ2) is 4.38. The molecule has 0 bridgehead atoms. The highest BCUT2D eigenvalue weighted by Gasteiger charge is 2.43. The fourth-order valence-electron chi connectivity index (χ4n) is 2.85. The Morgan fingerprint density at radius 1 is 1.42 bits per heavy atom. The lowest BCUT2D eigenvalue weighted by Gasteiger charge is -2.46. The van der Waals surface area contributed by atoms with Gasteiger partial charge in [-0.3, -0.25) is 4.79 Å². The molecule has 1 aliphatic rings. The molecule has 1 amide bonds. The Balaban J connectivity index is 1.79. The monoisotopic (exact) mass is 258 g/mol. The molecule has 2 N–H and O–H groups in total. The van der Waals surface area contributed by atoms with Crippen molar-refractivity contribution in [2.75, 3.05) is 13.1 Å². The lowest BCUT2D eigenvalue weighted by atomic mass is 9.89. The molecule has 2 aromatic rings. The molecule has 0 aliphatic carbocycles. The minimum Gasteiger partial charge on any atom is -0.386 e. The number of H-pyrrole nitrogens is 1. The number of nitrogens with one attached hydrogen (secondary N) is 1. The zero-order valence-electron chi connectivity index (χ0n) is 11.0. The summed E-state index contributed by atoms with van der Waals surface area (Å²) in [7, 11) is 0. The highest BCUT2D eigenvalue weighted by atomic mass is 16.3. The summed E-state index contributed by atoms with van der Waals surface area (Å²) in [5.74, 6) is -0.00164. The number of hydrogen-bond donors (Lipinski definition) is 2. The van der Waals surface area contributed by atoms with E-state index in [0.717, 1.165) is 23.7 Å². The van der Waals surface area contributed by atoms with E-state index in [1.54, 1.807) is 11.1 Å². The summed E-state index contributed by atoms with van der Waals surface area (Å²) in [5, 5.41) is 11.1. The van der Waals surface area contributed by atoms with Gasteiger partial charge >= 0.3 is 0 Å². The lowest BCUT2D eigenvalue weighted by Crippen LogP contribution is -2.63. The van der Waals surface area contributed by atoms with Gasteiger partial charge < -0.3 is 15.0 Å². The predicted molar refractivity (Wildman–Crippen MR) is 74.1 cm³/mol. The van der Waals surface area contributed by atoms with Crippen molar-refractivity contribution >= 4 is 16.8 Å². The zero-order valence-corrected chi connectivity index (χ0v) is 11.0. The first-order chi connectivity index (χ1) is 9.13. The predicted octanol–water partition coefficient (Wildman–Crippen LogP) is 2.15. The summed E-state index contributed by atoms with van der Waals surface area (Å²) in [4.78, 5) is 17.2. The molecule has 1 aliphatic heterocycles. The van der Waals surface area contributed by atoms with Crippen molar-refractivity contribution in [1.29, 1.82) is 0 Å². The summed E-state index contributed by atoms with van der Waals surface area (Å²) in [6.45, 7) is 2.93. The van der Waals surface area contributed by atoms with Gasteiger partial charge in [0.25, 0.3) is 5.91 Å². The molecule has 0 radical (unpaired) electrons. The number of nitrogens with zero attached hydrogens (tertiary/aromatic N) is 1. The molecule has 2 heterocycles. The highest BCUT2D eigenvalue weighted by Crippen LogP contribution is 2.29. The first-order valence-corrected chi connectivity index (χ1v) is 6.71. The van der Waals surface area contributed by atoms with Crippen molar-refractivity contribution in [1.82, 2.24) is 9.88 Å². The third kappa shape index (κ3) is 2.02. The smallest absolute Gasteiger partial charge is 0.256 e. The molecule has 3 rings (SSSR count). The maximum absolute atomic E-state index is 12.4. The molecular weight excluding hydrogens is 240 g/mol. The standard InChI is InChI=1S/C15H18N2O2/c1-2-7-15(19)9-17(10-15)14(18)12-8-16-13-6-4-3-5-11(12)13/h3-6,8,16,19H,2,7,9-10H2,1H3. The van der Waals surface area contributed by atoms with Gasteiger partial charge in [-0.05, 0) is 12.5 Å². The van der Waals surface area contributed by atoms with E-state index < -0.39 is 5.60 Å². The number of rotatable bonds is 3. The van der Waals surface area contributed by atoms with Crippen molar-refractivity contribution in [3.8, 4) is 0 Å². The van der Waals surface area contributed by atoms with Gasteiger partial charge in [0.2, 0.25) is 0 Å². The number of β-amino-alcohol motifs (C(OH)–C–C–N with tert-alkyl or cyclic N) is 1. The van der Waals surface area contributed by atoms with E-state index in [1.807, 2.05) is 31.2 Å². The van der Waals surface area contributed by atoms with Crippen LogP contribution in [0.1, 0.15) is 30.1 Å². The minimum absolute atomic E-state index is 0.00164. The van der Waals surface area contributed by atoms with Crippen LogP contribution in [0.15, 0.2) is 30.5 Å². The number of fused-ring (bicyclic) bond motifs is 1. The second-order valence-electron chi connectivity index (χ2n) is 5.38. The number of aliphatic hydroxyl groups is 1. The normalized spacial score (nSPS) is 17.5. The number of likely N-dealkylation sites (tertiary alicyclic amines) is 1. The molecule has 4 nitrogen and oxygen atoms in total. The van der Waals surface area contributed by atoms with Gasteiger partial charge in [0.1, 0.15) is 0 Å². The molecule has 100 valence electrons. The van der Waals surface area contributed by atoms with Crippen LogP contribution in [0.2, 0.25) is 0 Å². The SMILES string of the molecule is CCCC1(O)CN(C(=O)c2c[nH]c3ccccc23)C1. The number of hydrogen-bond acceptors (Lipinski definition) is 2. The average molecular weight is 258 g/mol. The molecule has 1 saturated heterocycles. The fraction of sp³-hybridized carbons (Fsp3) is 0.400. The van der Waals surface area contributed by atoms with Gasteiger partial charge in [0.15, 0.2) is 0 Å². The average Bonchev–Trinajstić information content (AvgIpc) is 2.79. The van der Waals surface area contributed by atoms with Crippen LogP contribution in [0.4, 0.5) is 0 Å². The van der Waals surface area contributed by atoms with Gasteiger partial charge in [-0.2, -0.15) is 0 Å². The molecule has 0 atom stereocenters. The third-order valence-electron chi connectivity index (χ3n) is 3.79. The van der Waals surface area contributed by atoms with Gasteiger partial charge in [0, 0.05) is 17.1 Å². The zero-order chi connectivity index (χ0) is 13.5. The molecule has 19 heavy (non-hydrogen) atoms. The van der Waals surface area contributed by atoms with E-state index in [0.29, 0.717) is 18.7 Å². The number of aromatic nitrogens is 1. The van der Waals surface area contributed by atoms with Crippen molar-refractivity contribution in [3.05, 3.63) is 36.0 Å². The van der Waals surface area contributed by atoms with Crippen molar-refractivity contribution in [3.63, 3.8) is 0 Å². The van der Waals surface area contributed by atoms with Crippen LogP contribution in [0, 0.1) is 0 Å². The lowest BCUT2D eigenvalue weighted by molar-refractivity contribution is -0.0859. The summed E-state index contributed by atoms with van der Waals surface area (Å²) >= 11 is 0. The molecule has 4 heteroatoms. The molecule has 1 aromatic carbocycles. The van der Waals surface area contributed by atoms with Crippen LogP contribution in [-0.4, -0.2) is 39.6 Å². The summed E-state index contributed by atoms with van der Waals surface area (Å²) < 4.78 is 0. The second-order valence-corrected chi connectivity index (χ2v) is 5.38. The number of benzene rings is 1. The first kappa shape index (κ1) is 12.2. The maximum Gasteiger partial charge on any atom is 0.256 e. The number of amides is 1. The van der Waals surface area contributed by atoms with Crippen LogP contribution in [0.25, 0.3) is 10.9 Å². The van der Waals surface area contributed by atoms with Crippen molar-refractivity contribution in [2.45, 2.75) is 25.4 Å². The van der Waals surface area contributed by atoms with Crippen LogP contribution in [-0.2, 0) is 0 Å². The Hall–Kier alpha value is -1.81. The quantitative estimate of drug-likeness (QED) is 0.886. The molecular formula is C15H18N2O2. The van der Waals surface area contributed by atoms with Crippen LogP contribution < -0.4 is 0 Å². The maximum atomic E-state index is 12.4. The Morgan fingerprint density at radius 2 is 2.16 bits per heavy atom. The molecule has 1 fully saturated rings. The largest absolute Gasteiger partial charge is 0.386 e. The summed E-state index contributed by atoms with van der Waals surface area (Å²) in [6.07, 6.45) is 3.44. The number of para-hydroxylation sites is 1. The van der Waals surface area contributed by atoms with E-state index in [-0.39, 0.29) is 5.91 Å². The van der Waals surface area contributed by atoms with Gasteiger partial charge in [-0.15, -0.1) is 0 Å². The van der Waals surface area contributed by atoms with E-state index in [4.69, 9.17) is 0 Å². The van der Waals surface area contributed by atoms with Crippen molar-refractivity contribution < 1.29 is 9.90 Å². The van der Waals surface area contributed by atoms with E-state index in [9.17, 15) is 9.90 Å². The van der Waals surface area contributed by atoms with Gasteiger partial charge in [-0.1, -0.05) is 31.5 Å². The summed E-state index contributed by atoms with van der Waals surface area (Å²) in [5.41, 5.74) is 0.987. The van der Waals surface area contributed by atoms with E-state index in [2.05, 4.69) is 4.98 Å². The van der Waals surface area contributed by atoms with Crippen LogP contribution in [0.3, 0.4) is 0 Å². The molecule has 0 spiro atoms. The Labute approximate surface area is 112 Å². The van der Waals surface area contributed by atoms with E-state index in [1.165, 1.54) is 0 Å². The van der Waals surface area contributed by atoms with Crippen LogP contribution in [0.5, 0.6) is 0 Å². The minimum atomic E-state index is -0.670. The third-order valence-corrected chi connectivity index (χ3v) is 3.79. The molecule has 0 unspecified atom stereocenters. The Bertz CT molecular complexity index is 611. The van der Waals surface area contributed by atoms with Gasteiger partial charge in [-0.25, -0.2) is 0 Å². The fourth-order valence-corrected chi connectivity index (χ4v) is 2.85.